The van der Waals surface area contributed by atoms with Crippen molar-refractivity contribution in [2.75, 3.05) is 4.90 Å². The molecule has 22 heavy (non-hydrogen) atoms. The molecule has 0 N–H and O–H groups in total. The summed E-state index contributed by atoms with van der Waals surface area (Å²) in [5, 5.41) is 2.15. The maximum Gasteiger partial charge on any atom is 0.238 e. The van der Waals surface area contributed by atoms with Crippen LogP contribution in [0.2, 0.25) is 0 Å². The SMILES string of the molecule is C[C@H]1C=CC[C@@H]2C(=O)N(c3ccc4ccccc4c3)C(=O)[C@@H]21. The topological polar surface area (TPSA) is 37.4 Å². The summed E-state index contributed by atoms with van der Waals surface area (Å²) in [4.78, 5) is 26.9. The highest BCUT2D eigenvalue weighted by Gasteiger charge is 2.50. The number of hydrogen-bond acceptors (Lipinski definition) is 2. The first-order chi connectivity index (χ1) is 10.7. The van der Waals surface area contributed by atoms with E-state index in [4.69, 9.17) is 0 Å². The fourth-order valence-electron chi connectivity index (χ4n) is 3.72. The van der Waals surface area contributed by atoms with Gasteiger partial charge in [-0.1, -0.05) is 49.4 Å². The second kappa shape index (κ2) is 4.80. The van der Waals surface area contributed by atoms with Crippen LogP contribution in [0, 0.1) is 17.8 Å². The molecule has 4 rings (SSSR count). The lowest BCUT2D eigenvalue weighted by molar-refractivity contribution is -0.122. The smallest absolute Gasteiger partial charge is 0.238 e. The second-order valence-corrected chi connectivity index (χ2v) is 6.20. The molecule has 1 saturated heterocycles. The van der Waals surface area contributed by atoms with E-state index in [1.807, 2.05) is 55.5 Å². The standard InChI is InChI=1S/C19H17NO2/c1-12-5-4-8-16-17(12)19(22)20(18(16)21)15-10-9-13-6-2-3-7-14(13)11-15/h2-7,9-12,16-17H,8H2,1H3/t12-,16-,17+/m0/s1. The third-order valence-corrected chi connectivity index (χ3v) is 4.86. The van der Waals surface area contributed by atoms with Crippen LogP contribution in [-0.4, -0.2) is 11.8 Å². The first-order valence-electron chi connectivity index (χ1n) is 7.70. The number of benzene rings is 2. The Labute approximate surface area is 129 Å². The largest absolute Gasteiger partial charge is 0.274 e. The average Bonchev–Trinajstić information content (AvgIpc) is 2.79. The molecule has 2 aromatic rings. The van der Waals surface area contributed by atoms with E-state index < -0.39 is 0 Å². The first kappa shape index (κ1) is 13.3. The van der Waals surface area contributed by atoms with Crippen molar-refractivity contribution in [2.24, 2.45) is 17.8 Å². The quantitative estimate of drug-likeness (QED) is 0.595. The van der Waals surface area contributed by atoms with Gasteiger partial charge in [-0.15, -0.1) is 0 Å². The second-order valence-electron chi connectivity index (χ2n) is 6.20. The Kier molecular flexibility index (Phi) is 2.89. The molecule has 1 aliphatic carbocycles. The molecule has 0 aromatic heterocycles. The van der Waals surface area contributed by atoms with Crippen molar-refractivity contribution >= 4 is 28.3 Å². The fourth-order valence-corrected chi connectivity index (χ4v) is 3.72. The molecule has 1 heterocycles. The van der Waals surface area contributed by atoms with Gasteiger partial charge in [0, 0.05) is 0 Å². The maximum atomic E-state index is 12.8. The normalized spacial score (nSPS) is 27.5. The zero-order chi connectivity index (χ0) is 15.3. The van der Waals surface area contributed by atoms with Crippen LogP contribution in [0.15, 0.2) is 54.6 Å². The fraction of sp³-hybridized carbons (Fsp3) is 0.263. The lowest BCUT2D eigenvalue weighted by atomic mass is 9.78. The molecule has 1 aliphatic heterocycles. The molecular formula is C19H17NO2. The number of hydrogen-bond donors (Lipinski definition) is 0. The van der Waals surface area contributed by atoms with Gasteiger partial charge in [-0.2, -0.15) is 0 Å². The van der Waals surface area contributed by atoms with Gasteiger partial charge >= 0.3 is 0 Å². The lowest BCUT2D eigenvalue weighted by Gasteiger charge is -2.22. The van der Waals surface area contributed by atoms with Crippen LogP contribution in [0.1, 0.15) is 13.3 Å². The Morgan fingerprint density at radius 2 is 1.77 bits per heavy atom. The van der Waals surface area contributed by atoms with Crippen molar-refractivity contribution in [2.45, 2.75) is 13.3 Å². The molecule has 2 aromatic carbocycles. The van der Waals surface area contributed by atoms with Crippen molar-refractivity contribution in [3.8, 4) is 0 Å². The van der Waals surface area contributed by atoms with E-state index in [0.717, 1.165) is 10.8 Å². The van der Waals surface area contributed by atoms with Gasteiger partial charge in [-0.3, -0.25) is 14.5 Å². The minimum absolute atomic E-state index is 0.0536. The van der Waals surface area contributed by atoms with E-state index in [2.05, 4.69) is 6.08 Å². The summed E-state index contributed by atoms with van der Waals surface area (Å²) in [7, 11) is 0. The predicted molar refractivity (Wildman–Crippen MR) is 86.3 cm³/mol. The Balaban J connectivity index is 1.78. The Bertz CT molecular complexity index is 808. The van der Waals surface area contributed by atoms with Crippen molar-refractivity contribution in [3.63, 3.8) is 0 Å². The van der Waals surface area contributed by atoms with E-state index >= 15 is 0 Å². The van der Waals surface area contributed by atoms with Gasteiger partial charge in [0.25, 0.3) is 0 Å². The van der Waals surface area contributed by atoms with Gasteiger partial charge in [0.1, 0.15) is 0 Å². The third-order valence-electron chi connectivity index (χ3n) is 4.86. The van der Waals surface area contributed by atoms with E-state index in [1.54, 1.807) is 0 Å². The molecule has 1 fully saturated rings. The molecule has 0 radical (unpaired) electrons. The summed E-state index contributed by atoms with van der Waals surface area (Å²) in [6.45, 7) is 2.02. The molecule has 110 valence electrons. The summed E-state index contributed by atoms with van der Waals surface area (Å²) < 4.78 is 0. The molecule has 0 spiro atoms. The number of amides is 2. The molecule has 3 heteroatoms. The molecule has 0 saturated carbocycles. The van der Waals surface area contributed by atoms with E-state index in [0.29, 0.717) is 12.1 Å². The van der Waals surface area contributed by atoms with Crippen LogP contribution in [0.4, 0.5) is 5.69 Å². The van der Waals surface area contributed by atoms with E-state index in [9.17, 15) is 9.59 Å². The number of anilines is 1. The number of nitrogens with zero attached hydrogens (tertiary/aromatic N) is 1. The van der Waals surface area contributed by atoms with Crippen molar-refractivity contribution in [3.05, 3.63) is 54.6 Å². The maximum absolute atomic E-state index is 12.8. The molecule has 2 aliphatic rings. The minimum Gasteiger partial charge on any atom is -0.274 e. The predicted octanol–water partition coefficient (Wildman–Crippen LogP) is 3.54. The van der Waals surface area contributed by atoms with E-state index in [-0.39, 0.29) is 29.6 Å². The molecule has 3 atom stereocenters. The monoisotopic (exact) mass is 291 g/mol. The molecular weight excluding hydrogens is 274 g/mol. The Morgan fingerprint density at radius 3 is 2.55 bits per heavy atom. The van der Waals surface area contributed by atoms with Gasteiger partial charge in [0.05, 0.1) is 17.5 Å². The number of carbonyl (C=O) groups is 2. The summed E-state index contributed by atoms with van der Waals surface area (Å²) >= 11 is 0. The third kappa shape index (κ3) is 1.82. The summed E-state index contributed by atoms with van der Waals surface area (Å²) in [6, 6.07) is 13.7. The van der Waals surface area contributed by atoms with Gasteiger partial charge in [0.15, 0.2) is 0 Å². The zero-order valence-electron chi connectivity index (χ0n) is 12.4. The summed E-state index contributed by atoms with van der Waals surface area (Å²) in [5.41, 5.74) is 0.690. The average molecular weight is 291 g/mol. The zero-order valence-corrected chi connectivity index (χ0v) is 12.4. The number of fused-ring (bicyclic) bond motifs is 2. The van der Waals surface area contributed by atoms with Gasteiger partial charge in [0.2, 0.25) is 11.8 Å². The molecule has 0 unspecified atom stereocenters. The van der Waals surface area contributed by atoms with Crippen molar-refractivity contribution in [1.29, 1.82) is 0 Å². The van der Waals surface area contributed by atoms with Gasteiger partial charge < -0.3 is 0 Å². The number of rotatable bonds is 1. The Morgan fingerprint density at radius 1 is 1.00 bits per heavy atom. The molecule has 3 nitrogen and oxygen atoms in total. The lowest BCUT2D eigenvalue weighted by Crippen LogP contribution is -2.31. The molecule has 2 amide bonds. The van der Waals surface area contributed by atoms with Crippen molar-refractivity contribution < 1.29 is 9.59 Å². The first-order valence-corrected chi connectivity index (χ1v) is 7.70. The number of imide groups is 1. The minimum atomic E-state index is -0.205. The van der Waals surface area contributed by atoms with Gasteiger partial charge in [-0.05, 0) is 35.2 Å². The van der Waals surface area contributed by atoms with E-state index in [1.165, 1.54) is 4.90 Å². The van der Waals surface area contributed by atoms with Crippen LogP contribution in [0.25, 0.3) is 10.8 Å². The highest BCUT2D eigenvalue weighted by Crippen LogP contribution is 2.40. The molecule has 0 bridgehead atoms. The van der Waals surface area contributed by atoms with Crippen LogP contribution in [0.5, 0.6) is 0 Å². The number of allylic oxidation sites excluding steroid dienone is 2. The van der Waals surface area contributed by atoms with Crippen LogP contribution in [-0.2, 0) is 9.59 Å². The van der Waals surface area contributed by atoms with Crippen LogP contribution < -0.4 is 4.90 Å². The summed E-state index contributed by atoms with van der Waals surface area (Å²) in [6.07, 6.45) is 4.75. The van der Waals surface area contributed by atoms with Crippen molar-refractivity contribution in [1.82, 2.24) is 0 Å². The Hall–Kier alpha value is -2.42. The highest BCUT2D eigenvalue weighted by molar-refractivity contribution is 6.22. The summed E-state index contributed by atoms with van der Waals surface area (Å²) in [5.74, 6) is -0.382. The highest BCUT2D eigenvalue weighted by atomic mass is 16.2. The van der Waals surface area contributed by atoms with Crippen LogP contribution >= 0.6 is 0 Å². The van der Waals surface area contributed by atoms with Gasteiger partial charge in [-0.25, -0.2) is 0 Å². The van der Waals surface area contributed by atoms with Crippen LogP contribution in [0.3, 0.4) is 0 Å². The number of carbonyl (C=O) groups excluding carboxylic acids is 2.